The minimum Gasteiger partial charge on any atom is -0.479 e. The summed E-state index contributed by atoms with van der Waals surface area (Å²) in [6, 6.07) is 4.27. The van der Waals surface area contributed by atoms with Crippen LogP contribution in [0.2, 0.25) is 0 Å². The van der Waals surface area contributed by atoms with E-state index < -0.39 is 16.1 Å². The first kappa shape index (κ1) is 17.7. The molecule has 9 heteroatoms. The Morgan fingerprint density at radius 2 is 2.08 bits per heavy atom. The Hall–Kier alpha value is -2.13. The lowest BCUT2D eigenvalue weighted by Crippen LogP contribution is -2.35. The van der Waals surface area contributed by atoms with Crippen molar-refractivity contribution < 1.29 is 22.7 Å². The molecule has 3 rings (SSSR count). The van der Waals surface area contributed by atoms with Crippen molar-refractivity contribution in [2.75, 3.05) is 25.0 Å². The molecule has 2 aliphatic rings. The van der Waals surface area contributed by atoms with Gasteiger partial charge in [0.2, 0.25) is 15.9 Å². The molecule has 0 aromatic heterocycles. The second-order valence-corrected chi connectivity index (χ2v) is 7.91. The molecule has 1 atom stereocenters. The van der Waals surface area contributed by atoms with Crippen molar-refractivity contribution in [1.29, 1.82) is 0 Å². The monoisotopic (exact) mass is 367 g/mol. The number of fused-ring (bicyclic) bond motifs is 1. The van der Waals surface area contributed by atoms with Crippen LogP contribution in [0.3, 0.4) is 0 Å². The van der Waals surface area contributed by atoms with Crippen LogP contribution in [0, 0.1) is 0 Å². The minimum atomic E-state index is -3.77. The highest BCUT2D eigenvalue weighted by molar-refractivity contribution is 7.89. The van der Waals surface area contributed by atoms with Crippen LogP contribution in [0.5, 0.6) is 5.75 Å². The predicted molar refractivity (Wildman–Crippen MR) is 90.8 cm³/mol. The molecule has 2 N–H and O–H groups in total. The largest absolute Gasteiger partial charge is 0.479 e. The number of rotatable bonds is 5. The predicted octanol–water partition coefficient (Wildman–Crippen LogP) is 0.697. The fourth-order valence-electron chi connectivity index (χ4n) is 2.86. The molecule has 2 aliphatic heterocycles. The number of benzene rings is 1. The number of ether oxygens (including phenoxy) is 1. The number of hydrogen-bond acceptors (Lipinski definition) is 5. The number of carbonyl (C=O) groups is 2. The van der Waals surface area contributed by atoms with Crippen LogP contribution >= 0.6 is 0 Å². The van der Waals surface area contributed by atoms with Gasteiger partial charge in [-0.1, -0.05) is 0 Å². The highest BCUT2D eigenvalue weighted by Gasteiger charge is 2.26. The van der Waals surface area contributed by atoms with Gasteiger partial charge in [-0.05, 0) is 38.0 Å². The van der Waals surface area contributed by atoms with Gasteiger partial charge in [-0.25, -0.2) is 13.1 Å². The average molecular weight is 367 g/mol. The Morgan fingerprint density at radius 3 is 2.80 bits per heavy atom. The van der Waals surface area contributed by atoms with Gasteiger partial charge in [0.1, 0.15) is 5.75 Å². The molecular weight excluding hydrogens is 346 g/mol. The SMILES string of the molecule is C[C@H]1Oc2ccc(S(=O)(=O)NCCC(=O)N3CCCC3)cc2NC1=O. The van der Waals surface area contributed by atoms with E-state index in [0.717, 1.165) is 25.9 Å². The summed E-state index contributed by atoms with van der Waals surface area (Å²) in [5.74, 6) is 0.0572. The average Bonchev–Trinajstić information content (AvgIpc) is 3.10. The molecule has 1 fully saturated rings. The third-order valence-electron chi connectivity index (χ3n) is 4.28. The number of sulfonamides is 1. The first-order valence-electron chi connectivity index (χ1n) is 8.26. The lowest BCUT2D eigenvalue weighted by Gasteiger charge is -2.23. The molecule has 1 saturated heterocycles. The summed E-state index contributed by atoms with van der Waals surface area (Å²) in [5, 5.41) is 2.62. The van der Waals surface area contributed by atoms with Gasteiger partial charge in [0.25, 0.3) is 5.91 Å². The van der Waals surface area contributed by atoms with Crippen LogP contribution in [0.4, 0.5) is 5.69 Å². The number of nitrogens with one attached hydrogen (secondary N) is 2. The Kier molecular flexibility index (Phi) is 4.96. The van der Waals surface area contributed by atoms with Crippen LogP contribution in [0.25, 0.3) is 0 Å². The van der Waals surface area contributed by atoms with Gasteiger partial charge in [0.05, 0.1) is 10.6 Å². The normalized spacial score (nSPS) is 20.0. The second kappa shape index (κ2) is 7.01. The molecule has 1 aromatic carbocycles. The smallest absolute Gasteiger partial charge is 0.265 e. The molecule has 0 radical (unpaired) electrons. The van der Waals surface area contributed by atoms with Crippen LogP contribution in [0.15, 0.2) is 23.1 Å². The van der Waals surface area contributed by atoms with Crippen molar-refractivity contribution in [1.82, 2.24) is 9.62 Å². The van der Waals surface area contributed by atoms with Gasteiger partial charge < -0.3 is 15.0 Å². The maximum absolute atomic E-state index is 12.4. The molecule has 0 unspecified atom stereocenters. The zero-order valence-corrected chi connectivity index (χ0v) is 14.8. The van der Waals surface area contributed by atoms with Crippen molar-refractivity contribution in [2.45, 2.75) is 37.2 Å². The fraction of sp³-hybridized carbons (Fsp3) is 0.500. The lowest BCUT2D eigenvalue weighted by molar-refractivity contribution is -0.130. The van der Waals surface area contributed by atoms with Crippen molar-refractivity contribution in [2.24, 2.45) is 0 Å². The Labute approximate surface area is 146 Å². The van der Waals surface area contributed by atoms with Crippen LogP contribution in [-0.2, 0) is 19.6 Å². The third kappa shape index (κ3) is 3.93. The fourth-order valence-corrected chi connectivity index (χ4v) is 3.91. The summed E-state index contributed by atoms with van der Waals surface area (Å²) in [5.41, 5.74) is 0.319. The van der Waals surface area contributed by atoms with Crippen LogP contribution < -0.4 is 14.8 Å². The van der Waals surface area contributed by atoms with E-state index in [4.69, 9.17) is 4.74 Å². The van der Waals surface area contributed by atoms with E-state index >= 15 is 0 Å². The van der Waals surface area contributed by atoms with E-state index in [-0.39, 0.29) is 29.7 Å². The van der Waals surface area contributed by atoms with Gasteiger partial charge in [-0.2, -0.15) is 0 Å². The number of carbonyl (C=O) groups excluding carboxylic acids is 2. The molecule has 0 spiro atoms. The first-order chi connectivity index (χ1) is 11.9. The number of hydrogen-bond donors (Lipinski definition) is 2. The molecule has 0 bridgehead atoms. The van der Waals surface area contributed by atoms with Crippen LogP contribution in [0.1, 0.15) is 26.2 Å². The van der Waals surface area contributed by atoms with E-state index in [1.54, 1.807) is 11.8 Å². The number of likely N-dealkylation sites (tertiary alicyclic amines) is 1. The second-order valence-electron chi connectivity index (χ2n) is 6.14. The molecule has 2 amide bonds. The van der Waals surface area contributed by atoms with E-state index in [1.165, 1.54) is 18.2 Å². The molecule has 136 valence electrons. The maximum atomic E-state index is 12.4. The molecule has 1 aromatic rings. The van der Waals surface area contributed by atoms with E-state index in [0.29, 0.717) is 11.4 Å². The van der Waals surface area contributed by atoms with Crippen molar-refractivity contribution in [3.8, 4) is 5.75 Å². The van der Waals surface area contributed by atoms with E-state index in [2.05, 4.69) is 10.0 Å². The minimum absolute atomic E-state index is 0.0123. The topological polar surface area (TPSA) is 105 Å². The summed E-state index contributed by atoms with van der Waals surface area (Å²) in [7, 11) is -3.77. The maximum Gasteiger partial charge on any atom is 0.265 e. The molecule has 25 heavy (non-hydrogen) atoms. The highest BCUT2D eigenvalue weighted by Crippen LogP contribution is 2.31. The van der Waals surface area contributed by atoms with E-state index in [1.807, 2.05) is 0 Å². The summed E-state index contributed by atoms with van der Waals surface area (Å²) in [6.45, 7) is 3.14. The molecule has 0 aliphatic carbocycles. The van der Waals surface area contributed by atoms with Gasteiger partial charge in [-0.3, -0.25) is 9.59 Å². The standard InChI is InChI=1S/C16H21N3O5S/c1-11-16(21)18-13-10-12(4-5-14(13)24-11)25(22,23)17-7-6-15(20)19-8-2-3-9-19/h4-5,10-11,17H,2-3,6-9H2,1H3,(H,18,21)/t11-/m1/s1. The lowest BCUT2D eigenvalue weighted by atomic mass is 10.2. The Balaban J connectivity index is 1.63. The van der Waals surface area contributed by atoms with Gasteiger partial charge in [0, 0.05) is 26.1 Å². The quantitative estimate of drug-likeness (QED) is 0.797. The van der Waals surface area contributed by atoms with Crippen LogP contribution in [-0.4, -0.2) is 50.9 Å². The number of amides is 2. The van der Waals surface area contributed by atoms with Crippen molar-refractivity contribution >= 4 is 27.5 Å². The van der Waals surface area contributed by atoms with E-state index in [9.17, 15) is 18.0 Å². The number of anilines is 1. The zero-order valence-electron chi connectivity index (χ0n) is 13.9. The van der Waals surface area contributed by atoms with Gasteiger partial charge in [0.15, 0.2) is 6.10 Å². The van der Waals surface area contributed by atoms with Gasteiger partial charge >= 0.3 is 0 Å². The summed E-state index contributed by atoms with van der Waals surface area (Å²) < 4.78 is 32.6. The van der Waals surface area contributed by atoms with Crippen molar-refractivity contribution in [3.63, 3.8) is 0 Å². The first-order valence-corrected chi connectivity index (χ1v) is 9.74. The summed E-state index contributed by atoms with van der Waals surface area (Å²) in [6.07, 6.45) is 1.50. The zero-order chi connectivity index (χ0) is 18.0. The van der Waals surface area contributed by atoms with Gasteiger partial charge in [-0.15, -0.1) is 0 Å². The molecule has 0 saturated carbocycles. The molecule has 8 nitrogen and oxygen atoms in total. The Bertz CT molecular complexity index is 787. The molecular formula is C16H21N3O5S. The van der Waals surface area contributed by atoms with Crippen molar-refractivity contribution in [3.05, 3.63) is 18.2 Å². The third-order valence-corrected chi connectivity index (χ3v) is 5.74. The number of nitrogens with zero attached hydrogens (tertiary/aromatic N) is 1. The molecule has 2 heterocycles. The summed E-state index contributed by atoms with van der Waals surface area (Å²) in [4.78, 5) is 25.4. The summed E-state index contributed by atoms with van der Waals surface area (Å²) >= 11 is 0. The Morgan fingerprint density at radius 1 is 1.36 bits per heavy atom. The highest BCUT2D eigenvalue weighted by atomic mass is 32.2.